The maximum atomic E-state index is 11.6. The smallest absolute Gasteiger partial charge is 0.221 e. The zero-order chi connectivity index (χ0) is 11.3. The third-order valence-corrected chi connectivity index (χ3v) is 3.05. The largest absolute Gasteiger partial charge is 0.351 e. The van der Waals surface area contributed by atoms with Gasteiger partial charge in [-0.25, -0.2) is 0 Å². The van der Waals surface area contributed by atoms with Crippen LogP contribution >= 0.6 is 0 Å². The van der Waals surface area contributed by atoms with Crippen molar-refractivity contribution < 1.29 is 4.79 Å². The second-order valence-corrected chi connectivity index (χ2v) is 5.17. The van der Waals surface area contributed by atoms with Crippen LogP contribution in [-0.2, 0) is 4.79 Å². The van der Waals surface area contributed by atoms with E-state index in [4.69, 9.17) is 0 Å². The Kier molecular flexibility index (Phi) is 4.58. The number of hydrogen-bond acceptors (Lipinski definition) is 2. The van der Waals surface area contributed by atoms with Crippen molar-refractivity contribution in [1.29, 1.82) is 0 Å². The molecule has 3 nitrogen and oxygen atoms in total. The first kappa shape index (κ1) is 12.5. The molecule has 15 heavy (non-hydrogen) atoms. The van der Waals surface area contributed by atoms with E-state index in [0.717, 1.165) is 19.4 Å². The average molecular weight is 212 g/mol. The molecule has 0 unspecified atom stereocenters. The van der Waals surface area contributed by atoms with Crippen LogP contribution in [0.25, 0.3) is 0 Å². The van der Waals surface area contributed by atoms with E-state index in [0.29, 0.717) is 12.5 Å². The molecule has 3 heteroatoms. The molecule has 1 rings (SSSR count). The van der Waals surface area contributed by atoms with Gasteiger partial charge < -0.3 is 10.6 Å². The fourth-order valence-electron chi connectivity index (χ4n) is 2.15. The van der Waals surface area contributed by atoms with E-state index in [1.54, 1.807) is 0 Å². The maximum absolute atomic E-state index is 11.6. The van der Waals surface area contributed by atoms with Crippen LogP contribution in [0, 0.1) is 0 Å². The Morgan fingerprint density at radius 1 is 1.33 bits per heavy atom. The first-order chi connectivity index (χ1) is 7.02. The minimum absolute atomic E-state index is 0.0783. The van der Waals surface area contributed by atoms with Gasteiger partial charge in [-0.05, 0) is 19.8 Å². The Morgan fingerprint density at radius 3 is 2.47 bits per heavy atom. The maximum Gasteiger partial charge on any atom is 0.221 e. The van der Waals surface area contributed by atoms with Gasteiger partial charge in [-0.1, -0.05) is 26.7 Å². The summed E-state index contributed by atoms with van der Waals surface area (Å²) in [6, 6.07) is 0.458. The number of hydrogen-bond donors (Lipinski definition) is 2. The standard InChI is InChI=1S/C12H24N2O/c1-10(2)13-9-6-11(15)14-12(3)7-4-5-8-12/h10,13H,4-9H2,1-3H3,(H,14,15). The minimum atomic E-state index is 0.0783. The number of nitrogens with one attached hydrogen (secondary N) is 2. The third kappa shape index (κ3) is 4.65. The SMILES string of the molecule is CC(C)NCCC(=O)NC1(C)CCCC1. The van der Waals surface area contributed by atoms with Crippen molar-refractivity contribution in [2.75, 3.05) is 6.54 Å². The Labute approximate surface area is 93.0 Å². The molecule has 88 valence electrons. The summed E-state index contributed by atoms with van der Waals surface area (Å²) in [7, 11) is 0. The summed E-state index contributed by atoms with van der Waals surface area (Å²) in [6.45, 7) is 7.12. The quantitative estimate of drug-likeness (QED) is 0.730. The molecule has 0 aromatic carbocycles. The Hall–Kier alpha value is -0.570. The molecule has 1 fully saturated rings. The van der Waals surface area contributed by atoms with E-state index in [9.17, 15) is 4.79 Å². The van der Waals surface area contributed by atoms with Gasteiger partial charge in [-0.3, -0.25) is 4.79 Å². The Bertz CT molecular complexity index is 208. The van der Waals surface area contributed by atoms with Gasteiger partial charge >= 0.3 is 0 Å². The summed E-state index contributed by atoms with van der Waals surface area (Å²) in [4.78, 5) is 11.6. The fraction of sp³-hybridized carbons (Fsp3) is 0.917. The molecule has 1 amide bonds. The van der Waals surface area contributed by atoms with Crippen LogP contribution in [0.5, 0.6) is 0 Å². The van der Waals surface area contributed by atoms with Crippen LogP contribution in [-0.4, -0.2) is 24.0 Å². The van der Waals surface area contributed by atoms with Gasteiger partial charge in [-0.2, -0.15) is 0 Å². The third-order valence-electron chi connectivity index (χ3n) is 3.05. The number of amides is 1. The average Bonchev–Trinajstić information content (AvgIpc) is 2.50. The van der Waals surface area contributed by atoms with Gasteiger partial charge in [0, 0.05) is 24.5 Å². The molecule has 0 radical (unpaired) electrons. The van der Waals surface area contributed by atoms with Crippen LogP contribution in [0.3, 0.4) is 0 Å². The predicted octanol–water partition coefficient (Wildman–Crippen LogP) is 1.82. The molecule has 1 aliphatic rings. The number of rotatable bonds is 5. The molecule has 0 aromatic rings. The first-order valence-corrected chi connectivity index (χ1v) is 6.06. The second-order valence-electron chi connectivity index (χ2n) is 5.17. The molecule has 0 spiro atoms. The summed E-state index contributed by atoms with van der Waals surface area (Å²) in [5.41, 5.74) is 0.0783. The van der Waals surface area contributed by atoms with Crippen LogP contribution in [0.15, 0.2) is 0 Å². The van der Waals surface area contributed by atoms with Crippen LogP contribution in [0.1, 0.15) is 52.9 Å². The molecule has 0 aromatic heterocycles. The van der Waals surface area contributed by atoms with E-state index >= 15 is 0 Å². The fourth-order valence-corrected chi connectivity index (χ4v) is 2.15. The molecule has 2 N–H and O–H groups in total. The summed E-state index contributed by atoms with van der Waals surface area (Å²) < 4.78 is 0. The lowest BCUT2D eigenvalue weighted by Gasteiger charge is -2.25. The summed E-state index contributed by atoms with van der Waals surface area (Å²) >= 11 is 0. The van der Waals surface area contributed by atoms with Gasteiger partial charge in [0.1, 0.15) is 0 Å². The van der Waals surface area contributed by atoms with Crippen molar-refractivity contribution in [3.8, 4) is 0 Å². The zero-order valence-corrected chi connectivity index (χ0v) is 10.2. The van der Waals surface area contributed by atoms with Crippen LogP contribution in [0.4, 0.5) is 0 Å². The van der Waals surface area contributed by atoms with Crippen LogP contribution in [0.2, 0.25) is 0 Å². The van der Waals surface area contributed by atoms with Crippen LogP contribution < -0.4 is 10.6 Å². The highest BCUT2D eigenvalue weighted by Crippen LogP contribution is 2.28. The van der Waals surface area contributed by atoms with E-state index in [2.05, 4.69) is 31.4 Å². The van der Waals surface area contributed by atoms with Crippen molar-refractivity contribution in [2.45, 2.75) is 64.5 Å². The lowest BCUT2D eigenvalue weighted by molar-refractivity contribution is -0.122. The van der Waals surface area contributed by atoms with E-state index in [1.165, 1.54) is 12.8 Å². The molecule has 0 saturated heterocycles. The number of carbonyl (C=O) groups is 1. The predicted molar refractivity (Wildman–Crippen MR) is 62.8 cm³/mol. The summed E-state index contributed by atoms with van der Waals surface area (Å²) in [5, 5.41) is 6.40. The minimum Gasteiger partial charge on any atom is -0.351 e. The molecule has 0 heterocycles. The monoisotopic (exact) mass is 212 g/mol. The summed E-state index contributed by atoms with van der Waals surface area (Å²) in [5.74, 6) is 0.188. The lowest BCUT2D eigenvalue weighted by Crippen LogP contribution is -2.44. The normalized spacial score (nSPS) is 19.5. The highest BCUT2D eigenvalue weighted by Gasteiger charge is 2.29. The number of carbonyl (C=O) groups excluding carboxylic acids is 1. The van der Waals surface area contributed by atoms with Gasteiger partial charge in [-0.15, -0.1) is 0 Å². The van der Waals surface area contributed by atoms with Crippen molar-refractivity contribution >= 4 is 5.91 Å². The molecule has 0 bridgehead atoms. The van der Waals surface area contributed by atoms with Gasteiger partial charge in [0.2, 0.25) is 5.91 Å². The Morgan fingerprint density at radius 2 is 1.93 bits per heavy atom. The highest BCUT2D eigenvalue weighted by molar-refractivity contribution is 5.77. The second kappa shape index (κ2) is 5.50. The van der Waals surface area contributed by atoms with E-state index < -0.39 is 0 Å². The molecular formula is C12H24N2O. The van der Waals surface area contributed by atoms with E-state index in [-0.39, 0.29) is 11.4 Å². The van der Waals surface area contributed by atoms with Crippen molar-refractivity contribution in [3.05, 3.63) is 0 Å². The topological polar surface area (TPSA) is 41.1 Å². The molecule has 0 aliphatic heterocycles. The Balaban J connectivity index is 2.18. The lowest BCUT2D eigenvalue weighted by atomic mass is 10.0. The molecule has 0 atom stereocenters. The molecule has 1 saturated carbocycles. The van der Waals surface area contributed by atoms with Crippen molar-refractivity contribution in [1.82, 2.24) is 10.6 Å². The molecular weight excluding hydrogens is 188 g/mol. The molecule has 1 aliphatic carbocycles. The summed E-state index contributed by atoms with van der Waals surface area (Å²) in [6.07, 6.45) is 5.36. The van der Waals surface area contributed by atoms with Crippen molar-refractivity contribution in [3.63, 3.8) is 0 Å². The van der Waals surface area contributed by atoms with Gasteiger partial charge in [0.15, 0.2) is 0 Å². The van der Waals surface area contributed by atoms with Gasteiger partial charge in [0.25, 0.3) is 0 Å². The highest BCUT2D eigenvalue weighted by atomic mass is 16.1. The van der Waals surface area contributed by atoms with Crippen molar-refractivity contribution in [2.24, 2.45) is 0 Å². The van der Waals surface area contributed by atoms with Gasteiger partial charge in [0.05, 0.1) is 0 Å². The first-order valence-electron chi connectivity index (χ1n) is 6.06. The van der Waals surface area contributed by atoms with E-state index in [1.807, 2.05) is 0 Å². The zero-order valence-electron chi connectivity index (χ0n) is 10.2.